The van der Waals surface area contributed by atoms with E-state index in [4.69, 9.17) is 16.6 Å². The maximum absolute atomic E-state index is 6.04. The fraction of sp³-hybridized carbons (Fsp3) is 0.227. The summed E-state index contributed by atoms with van der Waals surface area (Å²) < 4.78 is 7.09. The van der Waals surface area contributed by atoms with Crippen molar-refractivity contribution in [3.8, 4) is 11.3 Å². The lowest BCUT2D eigenvalue weighted by molar-refractivity contribution is 0.385. The standard InChI is InChI=1S/C22H21BrN2OS/c1-16-2-8-19(9-3-16)24-12-14-25(15-13-24)22(27)21-11-10-20(26-21)17-4-6-18(23)7-5-17/h2-11H,12-15H2,1H3. The van der Waals surface area contributed by atoms with E-state index in [1.54, 1.807) is 0 Å². The van der Waals surface area contributed by atoms with Crippen LogP contribution in [-0.4, -0.2) is 36.1 Å². The van der Waals surface area contributed by atoms with Crippen LogP contribution < -0.4 is 4.90 Å². The molecule has 1 aliphatic heterocycles. The van der Waals surface area contributed by atoms with E-state index in [-0.39, 0.29) is 0 Å². The highest BCUT2D eigenvalue weighted by molar-refractivity contribution is 9.10. The maximum atomic E-state index is 6.04. The van der Waals surface area contributed by atoms with Crippen molar-refractivity contribution in [1.82, 2.24) is 4.90 Å². The molecular weight excluding hydrogens is 420 g/mol. The van der Waals surface area contributed by atoms with Crippen molar-refractivity contribution in [3.63, 3.8) is 0 Å². The van der Waals surface area contributed by atoms with E-state index in [0.717, 1.165) is 52.7 Å². The second-order valence-electron chi connectivity index (χ2n) is 6.79. The molecule has 1 fully saturated rings. The molecule has 2 heterocycles. The number of thiocarbonyl (C=S) groups is 1. The molecule has 1 aliphatic rings. The summed E-state index contributed by atoms with van der Waals surface area (Å²) in [6.45, 7) is 5.85. The van der Waals surface area contributed by atoms with Gasteiger partial charge in [-0.2, -0.15) is 0 Å². The van der Waals surface area contributed by atoms with Crippen LogP contribution >= 0.6 is 28.1 Å². The minimum Gasteiger partial charge on any atom is -0.454 e. The quantitative estimate of drug-likeness (QED) is 0.499. The summed E-state index contributed by atoms with van der Waals surface area (Å²) >= 11 is 9.16. The number of furan rings is 1. The molecule has 3 nitrogen and oxygen atoms in total. The van der Waals surface area contributed by atoms with Crippen molar-refractivity contribution in [1.29, 1.82) is 0 Å². The molecule has 0 radical (unpaired) electrons. The summed E-state index contributed by atoms with van der Waals surface area (Å²) in [6.07, 6.45) is 0. The second-order valence-corrected chi connectivity index (χ2v) is 8.09. The van der Waals surface area contributed by atoms with Crippen LogP contribution in [0, 0.1) is 6.92 Å². The molecule has 27 heavy (non-hydrogen) atoms. The molecule has 0 spiro atoms. The molecule has 138 valence electrons. The Hall–Kier alpha value is -2.11. The molecule has 1 aromatic heterocycles. The number of piperazine rings is 1. The summed E-state index contributed by atoms with van der Waals surface area (Å²) in [5.41, 5.74) is 3.62. The SMILES string of the molecule is Cc1ccc(N2CCN(C(=S)c3ccc(-c4ccc(Br)cc4)o3)CC2)cc1. The van der Waals surface area contributed by atoms with Crippen LogP contribution in [0.1, 0.15) is 11.3 Å². The molecule has 4 rings (SSSR count). The topological polar surface area (TPSA) is 19.6 Å². The van der Waals surface area contributed by atoms with Gasteiger partial charge >= 0.3 is 0 Å². The summed E-state index contributed by atoms with van der Waals surface area (Å²) in [7, 11) is 0. The van der Waals surface area contributed by atoms with E-state index in [9.17, 15) is 0 Å². The lowest BCUT2D eigenvalue weighted by atomic mass is 10.2. The third-order valence-electron chi connectivity index (χ3n) is 4.91. The van der Waals surface area contributed by atoms with E-state index in [2.05, 4.69) is 56.9 Å². The normalized spacial score (nSPS) is 14.4. The van der Waals surface area contributed by atoms with Gasteiger partial charge in [-0.3, -0.25) is 0 Å². The fourth-order valence-electron chi connectivity index (χ4n) is 3.30. The average molecular weight is 441 g/mol. The Bertz CT molecular complexity index is 926. The molecular formula is C22H21BrN2OS. The Morgan fingerprint density at radius 1 is 0.889 bits per heavy atom. The smallest absolute Gasteiger partial charge is 0.162 e. The lowest BCUT2D eigenvalue weighted by Crippen LogP contribution is -2.48. The predicted molar refractivity (Wildman–Crippen MR) is 119 cm³/mol. The highest BCUT2D eigenvalue weighted by Crippen LogP contribution is 2.25. The molecule has 0 aliphatic carbocycles. The Morgan fingerprint density at radius 3 is 2.22 bits per heavy atom. The zero-order valence-electron chi connectivity index (χ0n) is 15.2. The van der Waals surface area contributed by atoms with Crippen molar-refractivity contribution in [2.24, 2.45) is 0 Å². The summed E-state index contributed by atoms with van der Waals surface area (Å²) in [6, 6.07) is 20.8. The zero-order valence-corrected chi connectivity index (χ0v) is 17.6. The lowest BCUT2D eigenvalue weighted by Gasteiger charge is -2.37. The van der Waals surface area contributed by atoms with Crippen molar-refractivity contribution in [3.05, 3.63) is 76.5 Å². The maximum Gasteiger partial charge on any atom is 0.162 e. The minimum absolute atomic E-state index is 0.770. The van der Waals surface area contributed by atoms with Gasteiger partial charge in [-0.25, -0.2) is 0 Å². The van der Waals surface area contributed by atoms with Gasteiger partial charge in [0.1, 0.15) is 10.7 Å². The van der Waals surface area contributed by atoms with Crippen molar-refractivity contribution < 1.29 is 4.42 Å². The summed E-state index contributed by atoms with van der Waals surface area (Å²) in [5, 5.41) is 0. The van der Waals surface area contributed by atoms with Crippen LogP contribution in [-0.2, 0) is 0 Å². The van der Waals surface area contributed by atoms with Gasteiger partial charge in [-0.1, -0.05) is 58.0 Å². The Kier molecular flexibility index (Phi) is 5.32. The largest absolute Gasteiger partial charge is 0.454 e. The van der Waals surface area contributed by atoms with Gasteiger partial charge in [0.2, 0.25) is 0 Å². The first-order chi connectivity index (χ1) is 13.1. The molecule has 0 saturated carbocycles. The van der Waals surface area contributed by atoms with Crippen LogP contribution in [0.5, 0.6) is 0 Å². The molecule has 5 heteroatoms. The average Bonchev–Trinajstić information content (AvgIpc) is 3.19. The van der Waals surface area contributed by atoms with Gasteiger partial charge in [0, 0.05) is 41.9 Å². The number of anilines is 1. The van der Waals surface area contributed by atoms with Gasteiger partial charge in [-0.15, -0.1) is 0 Å². The summed E-state index contributed by atoms with van der Waals surface area (Å²) in [5.74, 6) is 1.62. The van der Waals surface area contributed by atoms with Crippen LogP contribution in [0.4, 0.5) is 5.69 Å². The number of aryl methyl sites for hydroxylation is 1. The molecule has 2 aromatic carbocycles. The number of benzene rings is 2. The fourth-order valence-corrected chi connectivity index (χ4v) is 3.86. The van der Waals surface area contributed by atoms with E-state index in [0.29, 0.717) is 0 Å². The summed E-state index contributed by atoms with van der Waals surface area (Å²) in [4.78, 5) is 5.44. The molecule has 0 amide bonds. The Labute approximate surface area is 173 Å². The first kappa shape index (κ1) is 18.3. The monoisotopic (exact) mass is 440 g/mol. The number of rotatable bonds is 3. The van der Waals surface area contributed by atoms with Gasteiger partial charge in [0.15, 0.2) is 5.76 Å². The first-order valence-corrected chi connectivity index (χ1v) is 10.3. The second kappa shape index (κ2) is 7.87. The highest BCUT2D eigenvalue weighted by atomic mass is 79.9. The number of hydrogen-bond donors (Lipinski definition) is 0. The van der Waals surface area contributed by atoms with Crippen molar-refractivity contribution in [2.75, 3.05) is 31.1 Å². The third kappa shape index (κ3) is 4.09. The van der Waals surface area contributed by atoms with E-state index in [1.165, 1.54) is 11.3 Å². The molecule has 3 aromatic rings. The number of halogens is 1. The highest BCUT2D eigenvalue weighted by Gasteiger charge is 2.22. The Morgan fingerprint density at radius 2 is 1.56 bits per heavy atom. The van der Waals surface area contributed by atoms with Crippen LogP contribution in [0.3, 0.4) is 0 Å². The first-order valence-electron chi connectivity index (χ1n) is 9.07. The van der Waals surface area contributed by atoms with E-state index >= 15 is 0 Å². The van der Waals surface area contributed by atoms with E-state index < -0.39 is 0 Å². The van der Waals surface area contributed by atoms with Gasteiger partial charge in [0.25, 0.3) is 0 Å². The van der Waals surface area contributed by atoms with E-state index in [1.807, 2.05) is 36.4 Å². The zero-order chi connectivity index (χ0) is 18.8. The number of nitrogens with zero attached hydrogens (tertiary/aromatic N) is 2. The number of hydrogen-bond acceptors (Lipinski definition) is 3. The molecule has 1 saturated heterocycles. The Balaban J connectivity index is 1.41. The van der Waals surface area contributed by atoms with Gasteiger partial charge < -0.3 is 14.2 Å². The van der Waals surface area contributed by atoms with Crippen molar-refractivity contribution in [2.45, 2.75) is 6.92 Å². The third-order valence-corrected chi connectivity index (χ3v) is 5.90. The molecule has 0 bridgehead atoms. The van der Waals surface area contributed by atoms with Crippen LogP contribution in [0.25, 0.3) is 11.3 Å². The van der Waals surface area contributed by atoms with Crippen LogP contribution in [0.15, 0.2) is 69.6 Å². The molecule has 0 unspecified atom stereocenters. The molecule has 0 atom stereocenters. The minimum atomic E-state index is 0.770. The van der Waals surface area contributed by atoms with Crippen LogP contribution in [0.2, 0.25) is 0 Å². The predicted octanol–water partition coefficient (Wildman–Crippen LogP) is 5.52. The van der Waals surface area contributed by atoms with Gasteiger partial charge in [0.05, 0.1) is 0 Å². The van der Waals surface area contributed by atoms with Gasteiger partial charge in [-0.05, 0) is 43.3 Å². The van der Waals surface area contributed by atoms with Crippen molar-refractivity contribution >= 4 is 38.8 Å². The molecule has 0 N–H and O–H groups in total.